The number of hydrogen-bond donors (Lipinski definition) is 0. The van der Waals surface area contributed by atoms with Crippen LogP contribution in [-0.2, 0) is 0 Å². The molecular formula is C114H138Si4. The standard InChI is InChI=1S/C114H138Si4/c1-75(2)63-115(64-76(3)4,65-77(5)6)44-40-103-107-55-95-38-36-93(53-97(95)57-109(107)105(42-46-117(69-81(13)14,70-82(15)16)71-83(17)18)113-61-101-51-89-32-27-25-30-87(89)49-99(101)59-111(103)113)91-34-29-35-92(48-91)94-37-39-96-56-108-104(41-45-116(66-78(7)8,67-79(9)10)68-80(11)12)112-60-100-50-88-31-26-28-33-90(88)52-102(100)62-114(112)106(110(108)58-98(96)54-94)43-47-118(72-84(19)20,73-85(21)22)74-86(23)24/h25-39,48-62,75-86H,63-74H2,1-24H3. The fourth-order valence-electron chi connectivity index (χ4n) is 22.4. The maximum Gasteiger partial charge on any atom is 0.139 e. The average Bonchev–Trinajstić information content (AvgIpc) is 0.729. The number of fused-ring (bicyclic) bond motifs is 10. The van der Waals surface area contributed by atoms with Crippen LogP contribution in [-0.4, -0.2) is 32.3 Å². The summed E-state index contributed by atoms with van der Waals surface area (Å²) >= 11 is 0. The van der Waals surface area contributed by atoms with Gasteiger partial charge in [-0.05, 0) is 365 Å². The molecule has 0 bridgehead atoms. The van der Waals surface area contributed by atoms with Crippen LogP contribution < -0.4 is 0 Å². The van der Waals surface area contributed by atoms with E-state index in [2.05, 4.69) is 394 Å². The molecule has 0 heterocycles. The van der Waals surface area contributed by atoms with Crippen molar-refractivity contribution >= 4 is 140 Å². The first kappa shape index (κ1) is 87.4. The van der Waals surface area contributed by atoms with Crippen LogP contribution in [0.1, 0.15) is 188 Å². The van der Waals surface area contributed by atoms with Gasteiger partial charge in [0.1, 0.15) is 32.3 Å². The first-order valence-electron chi connectivity index (χ1n) is 45.9. The second kappa shape index (κ2) is 36.5. The normalized spacial score (nSPS) is 12.8. The van der Waals surface area contributed by atoms with Crippen molar-refractivity contribution in [1.82, 2.24) is 0 Å². The van der Waals surface area contributed by atoms with Gasteiger partial charge in [0.15, 0.2) is 0 Å². The molecule has 0 atom stereocenters. The molecule has 0 aliphatic heterocycles. The molecule has 0 aliphatic rings. The van der Waals surface area contributed by atoms with Gasteiger partial charge in [-0.25, -0.2) is 0 Å². The van der Waals surface area contributed by atoms with Crippen molar-refractivity contribution < 1.29 is 0 Å². The van der Waals surface area contributed by atoms with E-state index in [9.17, 15) is 0 Å². The summed E-state index contributed by atoms with van der Waals surface area (Å²) in [5.74, 6) is 23.9. The summed E-state index contributed by atoms with van der Waals surface area (Å²) in [4.78, 5) is 0. The molecule has 610 valence electrons. The molecule has 0 aliphatic carbocycles. The van der Waals surface area contributed by atoms with Crippen molar-refractivity contribution in [1.29, 1.82) is 0 Å². The third-order valence-corrected chi connectivity index (χ3v) is 46.5. The van der Waals surface area contributed by atoms with Gasteiger partial charge in [-0.3, -0.25) is 0 Å². The lowest BCUT2D eigenvalue weighted by atomic mass is 9.87. The predicted octanol–water partition coefficient (Wildman–Crippen LogP) is 33.8. The van der Waals surface area contributed by atoms with Gasteiger partial charge >= 0.3 is 0 Å². The zero-order valence-electron chi connectivity index (χ0n) is 76.7. The molecule has 0 N–H and O–H groups in total. The first-order chi connectivity index (χ1) is 56.0. The molecule has 118 heavy (non-hydrogen) atoms. The molecule has 0 unspecified atom stereocenters. The Morgan fingerprint density at radius 1 is 0.169 bits per heavy atom. The Morgan fingerprint density at radius 2 is 0.339 bits per heavy atom. The Kier molecular flexibility index (Phi) is 27.0. The van der Waals surface area contributed by atoms with Crippen LogP contribution in [0.25, 0.3) is 130 Å². The molecule has 0 amide bonds. The predicted molar refractivity (Wildman–Crippen MR) is 539 cm³/mol. The van der Waals surface area contributed by atoms with E-state index in [-0.39, 0.29) is 0 Å². The third kappa shape index (κ3) is 20.3. The van der Waals surface area contributed by atoms with E-state index >= 15 is 0 Å². The molecule has 0 radical (unpaired) electrons. The molecule has 13 aromatic carbocycles. The molecule has 0 saturated heterocycles. The Hall–Kier alpha value is -8.43. The highest BCUT2D eigenvalue weighted by Crippen LogP contribution is 2.45. The molecule has 0 nitrogen and oxygen atoms in total. The van der Waals surface area contributed by atoms with Gasteiger partial charge in [0.05, 0.1) is 0 Å². The highest BCUT2D eigenvalue weighted by Gasteiger charge is 2.39. The minimum atomic E-state index is -2.17. The lowest BCUT2D eigenvalue weighted by Gasteiger charge is -2.31. The van der Waals surface area contributed by atoms with Crippen molar-refractivity contribution in [3.8, 4) is 68.1 Å². The topological polar surface area (TPSA) is 0 Å². The van der Waals surface area contributed by atoms with E-state index in [0.29, 0.717) is 71.0 Å². The Morgan fingerprint density at radius 3 is 0.534 bits per heavy atom. The van der Waals surface area contributed by atoms with E-state index in [0.717, 1.165) is 11.1 Å². The van der Waals surface area contributed by atoms with Gasteiger partial charge in [0.2, 0.25) is 0 Å². The van der Waals surface area contributed by atoms with Crippen molar-refractivity contribution in [2.24, 2.45) is 71.0 Å². The maximum absolute atomic E-state index is 4.40. The van der Waals surface area contributed by atoms with E-state index in [4.69, 9.17) is 0 Å². The van der Waals surface area contributed by atoms with Gasteiger partial charge < -0.3 is 0 Å². The quantitative estimate of drug-likeness (QED) is 0.0288. The fraction of sp³-hybridized carbons (Fsp3) is 0.421. The molecule has 0 saturated carbocycles. The third-order valence-electron chi connectivity index (χ3n) is 24.7. The van der Waals surface area contributed by atoms with Crippen LogP contribution in [0.3, 0.4) is 0 Å². The van der Waals surface area contributed by atoms with Crippen LogP contribution in [0.5, 0.6) is 0 Å². The van der Waals surface area contributed by atoms with Gasteiger partial charge in [0.25, 0.3) is 0 Å². The van der Waals surface area contributed by atoms with Crippen molar-refractivity contribution in [3.63, 3.8) is 0 Å². The molecule has 4 heteroatoms. The second-order valence-electron chi connectivity index (χ2n) is 42.2. The maximum atomic E-state index is 4.40. The number of hydrogen-bond acceptors (Lipinski definition) is 0. The largest absolute Gasteiger partial charge is 0.139 e. The van der Waals surface area contributed by atoms with Gasteiger partial charge in [-0.2, -0.15) is 0 Å². The summed E-state index contributed by atoms with van der Waals surface area (Å²) in [6.45, 7) is 58.4. The Bertz CT molecular complexity index is 5690. The summed E-state index contributed by atoms with van der Waals surface area (Å²) in [6.07, 6.45) is 0. The Balaban J connectivity index is 1.05. The summed E-state index contributed by atoms with van der Waals surface area (Å²) in [7, 11) is -8.63. The highest BCUT2D eigenvalue weighted by atomic mass is 28.3. The molecule has 13 aromatic rings. The van der Waals surface area contributed by atoms with Gasteiger partial charge in [0, 0.05) is 22.3 Å². The van der Waals surface area contributed by atoms with Crippen LogP contribution in [0, 0.1) is 117 Å². The van der Waals surface area contributed by atoms with Crippen LogP contribution >= 0.6 is 0 Å². The van der Waals surface area contributed by atoms with Crippen LogP contribution in [0.15, 0.2) is 182 Å². The van der Waals surface area contributed by atoms with Crippen LogP contribution in [0.2, 0.25) is 72.5 Å². The van der Waals surface area contributed by atoms with E-state index in [1.807, 2.05) is 0 Å². The van der Waals surface area contributed by atoms with E-state index in [1.165, 1.54) is 214 Å². The van der Waals surface area contributed by atoms with E-state index in [1.54, 1.807) is 0 Å². The second-order valence-corrected chi connectivity index (χ2v) is 58.3. The van der Waals surface area contributed by atoms with Crippen molar-refractivity contribution in [2.75, 3.05) is 0 Å². The minimum Gasteiger partial charge on any atom is -0.126 e. The number of benzene rings is 13. The molecule has 0 fully saturated rings. The Labute approximate surface area is 716 Å². The summed E-state index contributed by atoms with van der Waals surface area (Å²) in [6, 6.07) is 86.0. The molecule has 0 spiro atoms. The number of rotatable bonds is 26. The monoisotopic (exact) mass is 1620 g/mol. The zero-order valence-corrected chi connectivity index (χ0v) is 80.7. The fourth-order valence-corrected chi connectivity index (χ4v) is 45.9. The lowest BCUT2D eigenvalue weighted by molar-refractivity contribution is 0.650. The van der Waals surface area contributed by atoms with Gasteiger partial charge in [-0.1, -0.05) is 281 Å². The summed E-state index contributed by atoms with van der Waals surface area (Å²) in [5, 5.41) is 24.8. The van der Waals surface area contributed by atoms with Crippen molar-refractivity contribution in [3.05, 3.63) is 204 Å². The van der Waals surface area contributed by atoms with Crippen LogP contribution in [0.4, 0.5) is 0 Å². The minimum absolute atomic E-state index is 0.566. The summed E-state index contributed by atoms with van der Waals surface area (Å²) in [5.41, 5.74) is 27.0. The molecular weight excluding hydrogens is 1480 g/mol. The lowest BCUT2D eigenvalue weighted by Crippen LogP contribution is -2.37. The van der Waals surface area contributed by atoms with Crippen molar-refractivity contribution in [2.45, 2.75) is 239 Å². The van der Waals surface area contributed by atoms with E-state index < -0.39 is 32.3 Å². The van der Waals surface area contributed by atoms with Gasteiger partial charge in [-0.15, -0.1) is 22.2 Å². The average molecular weight is 1620 g/mol. The molecule has 0 aromatic heterocycles. The zero-order chi connectivity index (χ0) is 84.4. The summed E-state index contributed by atoms with van der Waals surface area (Å²) < 4.78 is 0. The molecule has 13 rings (SSSR count). The first-order valence-corrected chi connectivity index (χ1v) is 56.4. The smallest absolute Gasteiger partial charge is 0.126 e. The highest BCUT2D eigenvalue weighted by molar-refractivity contribution is 6.89. The SMILES string of the molecule is CC(C)C[Si](C#Cc1c2cc3ccc(-c4cccc(-c5ccc6cc7c(C#C[Si](CC(C)C)(CC(C)C)CC(C)C)c8cc9cc%10ccccc%10cc9cc8c(C#C[Si](CC(C)C)(CC(C)C)CC(C)C)c7cc6c5)c4)cc3cc2c(C#C[Si](CC(C)C)(CC(C)C)CC(C)C)c2cc3cc4ccccc4cc3cc12)(CC(C)C)CC(C)C.